The van der Waals surface area contributed by atoms with Gasteiger partial charge in [0.05, 0.1) is 17.6 Å². The first-order valence-electron chi connectivity index (χ1n) is 4.80. The highest BCUT2D eigenvalue weighted by atomic mass is 32.2. The first-order valence-corrected chi connectivity index (χ1v) is 6.34. The number of nitrogens with one attached hydrogen (secondary N) is 1. The Bertz CT molecular complexity index is 593. The predicted molar refractivity (Wildman–Crippen MR) is 61.6 cm³/mol. The van der Waals surface area contributed by atoms with E-state index in [2.05, 4.69) is 10.3 Å². The van der Waals surface area contributed by atoms with Crippen LogP contribution in [0.3, 0.4) is 0 Å². The summed E-state index contributed by atoms with van der Waals surface area (Å²) < 4.78 is 27.3. The molecule has 0 aliphatic rings. The number of oxazole rings is 1. The van der Waals surface area contributed by atoms with E-state index in [1.54, 1.807) is 18.3 Å². The van der Waals surface area contributed by atoms with Gasteiger partial charge in [-0.25, -0.2) is 18.5 Å². The molecular weight excluding hydrogens is 242 g/mol. The molecule has 0 bridgehead atoms. The second kappa shape index (κ2) is 4.56. The van der Waals surface area contributed by atoms with Crippen LogP contribution in [0.25, 0.3) is 0 Å². The topological polar surface area (TPSA) is 98.2 Å². The molecule has 3 N–H and O–H groups in total. The fraction of sp³-hybridized carbons (Fsp3) is 0.100. The Balaban J connectivity index is 2.12. The summed E-state index contributed by atoms with van der Waals surface area (Å²) in [4.78, 5) is 3.84. The molecule has 0 aliphatic heterocycles. The van der Waals surface area contributed by atoms with Crippen LogP contribution in [-0.4, -0.2) is 13.4 Å². The van der Waals surface area contributed by atoms with Gasteiger partial charge in [0.2, 0.25) is 10.0 Å². The lowest BCUT2D eigenvalue weighted by atomic mass is 10.3. The summed E-state index contributed by atoms with van der Waals surface area (Å²) >= 11 is 0. The van der Waals surface area contributed by atoms with Crippen molar-refractivity contribution < 1.29 is 12.8 Å². The number of hydrogen-bond acceptors (Lipinski definition) is 5. The molecule has 0 radical (unpaired) electrons. The van der Waals surface area contributed by atoms with Crippen molar-refractivity contribution in [3.63, 3.8) is 0 Å². The third-order valence-corrected chi connectivity index (χ3v) is 3.02. The number of aromatic nitrogens is 1. The zero-order valence-electron chi connectivity index (χ0n) is 8.83. The molecule has 2 rings (SSSR count). The molecule has 0 unspecified atom stereocenters. The molecule has 7 heteroatoms. The molecule has 1 heterocycles. The highest BCUT2D eigenvalue weighted by molar-refractivity contribution is 7.89. The highest BCUT2D eigenvalue weighted by Crippen LogP contribution is 2.14. The minimum Gasteiger partial charge on any atom is -0.447 e. The molecule has 0 saturated heterocycles. The molecular formula is C10H11N3O3S. The fourth-order valence-corrected chi connectivity index (χ4v) is 1.86. The highest BCUT2D eigenvalue weighted by Gasteiger charge is 2.07. The van der Waals surface area contributed by atoms with Gasteiger partial charge in [-0.1, -0.05) is 6.07 Å². The third-order valence-electron chi connectivity index (χ3n) is 2.11. The standard InChI is InChI=1S/C10H11N3O3S/c11-17(14,15)10-3-1-2-8(4-10)13-6-9-5-12-7-16-9/h1-5,7,13H,6H2,(H2,11,14,15). The average molecular weight is 253 g/mol. The molecule has 0 atom stereocenters. The van der Waals surface area contributed by atoms with Crippen molar-refractivity contribution in [1.82, 2.24) is 4.98 Å². The van der Waals surface area contributed by atoms with Gasteiger partial charge in [-0.15, -0.1) is 0 Å². The van der Waals surface area contributed by atoms with Crippen molar-refractivity contribution in [2.24, 2.45) is 5.14 Å². The molecule has 0 aliphatic carbocycles. The summed E-state index contributed by atoms with van der Waals surface area (Å²) in [5.74, 6) is 0.658. The predicted octanol–water partition coefficient (Wildman–Crippen LogP) is 0.934. The van der Waals surface area contributed by atoms with E-state index in [1.807, 2.05) is 0 Å². The van der Waals surface area contributed by atoms with E-state index in [1.165, 1.54) is 18.5 Å². The van der Waals surface area contributed by atoms with Crippen molar-refractivity contribution in [2.45, 2.75) is 11.4 Å². The number of benzene rings is 1. The fourth-order valence-electron chi connectivity index (χ4n) is 1.30. The maximum absolute atomic E-state index is 11.1. The summed E-state index contributed by atoms with van der Waals surface area (Å²) in [5, 5.41) is 8.04. The van der Waals surface area contributed by atoms with Crippen molar-refractivity contribution in [1.29, 1.82) is 0 Å². The Morgan fingerprint density at radius 1 is 1.41 bits per heavy atom. The third kappa shape index (κ3) is 3.05. The molecule has 1 aromatic carbocycles. The number of primary sulfonamides is 1. The zero-order valence-corrected chi connectivity index (χ0v) is 9.65. The minimum atomic E-state index is -3.67. The van der Waals surface area contributed by atoms with E-state index in [0.29, 0.717) is 18.0 Å². The molecule has 90 valence electrons. The van der Waals surface area contributed by atoms with Crippen LogP contribution in [0.5, 0.6) is 0 Å². The Hall–Kier alpha value is -1.86. The quantitative estimate of drug-likeness (QED) is 0.844. The number of sulfonamides is 1. The van der Waals surface area contributed by atoms with Crippen LogP contribution in [0.15, 0.2) is 46.2 Å². The largest absolute Gasteiger partial charge is 0.447 e. The van der Waals surface area contributed by atoms with Gasteiger partial charge in [-0.3, -0.25) is 0 Å². The van der Waals surface area contributed by atoms with Gasteiger partial charge in [0.1, 0.15) is 5.76 Å². The first-order chi connectivity index (χ1) is 8.05. The second-order valence-corrected chi connectivity index (χ2v) is 4.96. The number of rotatable bonds is 4. The lowest BCUT2D eigenvalue weighted by molar-refractivity contribution is 0.511. The van der Waals surface area contributed by atoms with Crippen LogP contribution in [0.2, 0.25) is 0 Å². The van der Waals surface area contributed by atoms with E-state index in [-0.39, 0.29) is 4.90 Å². The SMILES string of the molecule is NS(=O)(=O)c1cccc(NCc2cnco2)c1. The van der Waals surface area contributed by atoms with Crippen LogP contribution in [-0.2, 0) is 16.6 Å². The molecule has 6 nitrogen and oxygen atoms in total. The van der Waals surface area contributed by atoms with Crippen molar-refractivity contribution in [3.8, 4) is 0 Å². The summed E-state index contributed by atoms with van der Waals surface area (Å²) in [5.41, 5.74) is 0.646. The van der Waals surface area contributed by atoms with Crippen LogP contribution in [0, 0.1) is 0 Å². The molecule has 0 fully saturated rings. The Morgan fingerprint density at radius 3 is 2.88 bits per heavy atom. The summed E-state index contributed by atoms with van der Waals surface area (Å²) in [6.07, 6.45) is 2.91. The van der Waals surface area contributed by atoms with E-state index in [9.17, 15) is 8.42 Å². The smallest absolute Gasteiger partial charge is 0.238 e. The summed E-state index contributed by atoms with van der Waals surface area (Å²) in [6, 6.07) is 6.26. The van der Waals surface area contributed by atoms with Crippen LogP contribution in [0.4, 0.5) is 5.69 Å². The molecule has 17 heavy (non-hydrogen) atoms. The Morgan fingerprint density at radius 2 is 2.24 bits per heavy atom. The van der Waals surface area contributed by atoms with E-state index >= 15 is 0 Å². The van der Waals surface area contributed by atoms with E-state index in [4.69, 9.17) is 9.56 Å². The van der Waals surface area contributed by atoms with Crippen LogP contribution >= 0.6 is 0 Å². The minimum absolute atomic E-state index is 0.0695. The monoisotopic (exact) mass is 253 g/mol. The zero-order chi connectivity index (χ0) is 12.3. The van der Waals surface area contributed by atoms with Crippen LogP contribution in [0.1, 0.15) is 5.76 Å². The lowest BCUT2D eigenvalue weighted by Gasteiger charge is -2.05. The Kier molecular flexibility index (Phi) is 3.12. The second-order valence-electron chi connectivity index (χ2n) is 3.39. The molecule has 0 saturated carbocycles. The molecule has 1 aromatic heterocycles. The van der Waals surface area contributed by atoms with Gasteiger partial charge in [0, 0.05) is 5.69 Å². The molecule has 0 spiro atoms. The number of nitrogens with two attached hydrogens (primary N) is 1. The normalized spacial score (nSPS) is 11.4. The van der Waals surface area contributed by atoms with Crippen molar-refractivity contribution >= 4 is 15.7 Å². The number of hydrogen-bond donors (Lipinski definition) is 2. The van der Waals surface area contributed by atoms with Crippen molar-refractivity contribution in [2.75, 3.05) is 5.32 Å². The lowest BCUT2D eigenvalue weighted by Crippen LogP contribution is -2.12. The average Bonchev–Trinajstić information content (AvgIpc) is 2.78. The van der Waals surface area contributed by atoms with Crippen LogP contribution < -0.4 is 10.5 Å². The van der Waals surface area contributed by atoms with Gasteiger partial charge in [-0.05, 0) is 18.2 Å². The first kappa shape index (κ1) is 11.6. The van der Waals surface area contributed by atoms with Gasteiger partial charge < -0.3 is 9.73 Å². The van der Waals surface area contributed by atoms with Gasteiger partial charge >= 0.3 is 0 Å². The number of nitrogens with zero attached hydrogens (tertiary/aromatic N) is 1. The maximum atomic E-state index is 11.1. The summed E-state index contributed by atoms with van der Waals surface area (Å²) in [7, 11) is -3.67. The van der Waals surface area contributed by atoms with E-state index < -0.39 is 10.0 Å². The maximum Gasteiger partial charge on any atom is 0.238 e. The summed E-state index contributed by atoms with van der Waals surface area (Å²) in [6.45, 7) is 0.425. The molecule has 2 aromatic rings. The van der Waals surface area contributed by atoms with Gasteiger partial charge in [0.25, 0.3) is 0 Å². The number of anilines is 1. The Labute approximate surface area is 98.5 Å². The van der Waals surface area contributed by atoms with Crippen molar-refractivity contribution in [3.05, 3.63) is 42.6 Å². The van der Waals surface area contributed by atoms with Gasteiger partial charge in [-0.2, -0.15) is 0 Å². The van der Waals surface area contributed by atoms with E-state index in [0.717, 1.165) is 0 Å². The molecule has 0 amide bonds. The van der Waals surface area contributed by atoms with Gasteiger partial charge in [0.15, 0.2) is 6.39 Å².